The third-order valence-electron chi connectivity index (χ3n) is 2.94. The van der Waals surface area contributed by atoms with Gasteiger partial charge in [0.05, 0.1) is 6.04 Å². The van der Waals surface area contributed by atoms with E-state index in [2.05, 4.69) is 38.4 Å². The zero-order valence-electron chi connectivity index (χ0n) is 11.4. The first-order valence-electron chi connectivity index (χ1n) is 6.45. The average molecular weight is 324 g/mol. The van der Waals surface area contributed by atoms with Gasteiger partial charge in [-0.2, -0.15) is 0 Å². The van der Waals surface area contributed by atoms with Crippen molar-refractivity contribution in [1.82, 2.24) is 15.5 Å². The van der Waals surface area contributed by atoms with Crippen LogP contribution in [0.2, 0.25) is 0 Å². The molecule has 1 heterocycles. The number of nitrogens with zero attached hydrogens (tertiary/aromatic N) is 2. The first-order chi connectivity index (χ1) is 9.11. The van der Waals surface area contributed by atoms with Gasteiger partial charge in [0.15, 0.2) is 0 Å². The predicted molar refractivity (Wildman–Crippen MR) is 78.9 cm³/mol. The normalized spacial score (nSPS) is 12.6. The second-order valence-electron chi connectivity index (χ2n) is 4.58. The quantitative estimate of drug-likeness (QED) is 0.907. The Hall–Kier alpha value is -1.20. The number of hydrogen-bond donors (Lipinski definition) is 1. The molecule has 1 aromatic heterocycles. The van der Waals surface area contributed by atoms with Crippen molar-refractivity contribution in [2.24, 2.45) is 0 Å². The first-order valence-corrected chi connectivity index (χ1v) is 7.24. The summed E-state index contributed by atoms with van der Waals surface area (Å²) < 4.78 is 6.76. The lowest BCUT2D eigenvalue weighted by atomic mass is 10.1. The molecule has 1 atom stereocenters. The molecule has 1 N–H and O–H groups in total. The minimum atomic E-state index is 0.0775. The first kappa shape index (κ1) is 14.2. The Labute approximate surface area is 121 Å². The monoisotopic (exact) mass is 323 g/mol. The standard InChI is InChI=1S/C14H18BrN3O/c1-4-7-16-10(3)13-17-18-14(19-13)12-8-11(15)6-5-9(12)2/h5-6,8,10,16H,4,7H2,1-3H3. The highest BCUT2D eigenvalue weighted by Gasteiger charge is 2.15. The van der Waals surface area contributed by atoms with Crippen LogP contribution in [0.3, 0.4) is 0 Å². The summed E-state index contributed by atoms with van der Waals surface area (Å²) in [6.07, 6.45) is 1.08. The molecule has 1 aromatic carbocycles. The van der Waals surface area contributed by atoms with E-state index in [1.54, 1.807) is 0 Å². The Bertz CT molecular complexity index is 553. The van der Waals surface area contributed by atoms with Gasteiger partial charge in [-0.15, -0.1) is 10.2 Å². The molecule has 2 rings (SSSR count). The minimum absolute atomic E-state index is 0.0775. The van der Waals surface area contributed by atoms with Gasteiger partial charge >= 0.3 is 0 Å². The Morgan fingerprint density at radius 3 is 2.89 bits per heavy atom. The molecule has 4 nitrogen and oxygen atoms in total. The van der Waals surface area contributed by atoms with Crippen LogP contribution in [0.5, 0.6) is 0 Å². The molecule has 0 saturated carbocycles. The Morgan fingerprint density at radius 2 is 2.16 bits per heavy atom. The summed E-state index contributed by atoms with van der Waals surface area (Å²) in [6, 6.07) is 6.11. The van der Waals surface area contributed by atoms with Crippen molar-refractivity contribution in [2.45, 2.75) is 33.2 Å². The van der Waals surface area contributed by atoms with E-state index in [0.29, 0.717) is 11.8 Å². The fourth-order valence-electron chi connectivity index (χ4n) is 1.79. The molecular formula is C14H18BrN3O. The maximum atomic E-state index is 5.76. The highest BCUT2D eigenvalue weighted by Crippen LogP contribution is 2.26. The average Bonchev–Trinajstić information content (AvgIpc) is 2.88. The second kappa shape index (κ2) is 6.30. The maximum Gasteiger partial charge on any atom is 0.248 e. The molecule has 0 radical (unpaired) electrons. The van der Waals surface area contributed by atoms with E-state index in [-0.39, 0.29) is 6.04 Å². The fourth-order valence-corrected chi connectivity index (χ4v) is 2.15. The third-order valence-corrected chi connectivity index (χ3v) is 3.43. The number of benzene rings is 1. The SMILES string of the molecule is CCCNC(C)c1nnc(-c2cc(Br)ccc2C)o1. The summed E-state index contributed by atoms with van der Waals surface area (Å²) in [6.45, 7) is 7.13. The van der Waals surface area contributed by atoms with Crippen molar-refractivity contribution in [1.29, 1.82) is 0 Å². The molecule has 0 saturated heterocycles. The Balaban J connectivity index is 2.23. The minimum Gasteiger partial charge on any atom is -0.419 e. The van der Waals surface area contributed by atoms with E-state index in [4.69, 9.17) is 4.42 Å². The molecule has 0 aliphatic carbocycles. The van der Waals surface area contributed by atoms with Crippen LogP contribution in [0.1, 0.15) is 37.8 Å². The van der Waals surface area contributed by atoms with Gasteiger partial charge in [-0.25, -0.2) is 0 Å². The smallest absolute Gasteiger partial charge is 0.248 e. The number of aromatic nitrogens is 2. The van der Waals surface area contributed by atoms with Crippen LogP contribution >= 0.6 is 15.9 Å². The zero-order valence-corrected chi connectivity index (χ0v) is 13.0. The van der Waals surface area contributed by atoms with Crippen LogP contribution in [-0.2, 0) is 0 Å². The van der Waals surface area contributed by atoms with E-state index >= 15 is 0 Å². The molecule has 1 unspecified atom stereocenters. The number of aryl methyl sites for hydroxylation is 1. The van der Waals surface area contributed by atoms with Gasteiger partial charge in [-0.05, 0) is 44.5 Å². The number of hydrogen-bond acceptors (Lipinski definition) is 4. The number of rotatable bonds is 5. The molecule has 0 aliphatic heterocycles. The highest BCUT2D eigenvalue weighted by atomic mass is 79.9. The predicted octanol–water partition coefficient (Wildman–Crippen LogP) is 3.87. The van der Waals surface area contributed by atoms with E-state index in [0.717, 1.165) is 28.6 Å². The van der Waals surface area contributed by atoms with Gasteiger partial charge in [-0.3, -0.25) is 0 Å². The molecule has 0 spiro atoms. The lowest BCUT2D eigenvalue weighted by Crippen LogP contribution is -2.19. The molecular weight excluding hydrogens is 306 g/mol. The molecule has 102 valence electrons. The van der Waals surface area contributed by atoms with Gasteiger partial charge in [0, 0.05) is 10.0 Å². The number of halogens is 1. The lowest BCUT2D eigenvalue weighted by molar-refractivity contribution is 0.423. The van der Waals surface area contributed by atoms with Crippen molar-refractivity contribution in [2.75, 3.05) is 6.54 Å². The van der Waals surface area contributed by atoms with Crippen LogP contribution in [0, 0.1) is 6.92 Å². The van der Waals surface area contributed by atoms with Gasteiger partial charge in [0.2, 0.25) is 11.8 Å². The molecule has 5 heteroatoms. The van der Waals surface area contributed by atoms with Crippen LogP contribution in [-0.4, -0.2) is 16.7 Å². The number of nitrogens with one attached hydrogen (secondary N) is 1. The lowest BCUT2D eigenvalue weighted by Gasteiger charge is -2.07. The summed E-state index contributed by atoms with van der Waals surface area (Å²) in [5, 5.41) is 11.6. The Morgan fingerprint density at radius 1 is 1.37 bits per heavy atom. The van der Waals surface area contributed by atoms with Crippen molar-refractivity contribution in [3.8, 4) is 11.5 Å². The maximum absolute atomic E-state index is 5.76. The van der Waals surface area contributed by atoms with Crippen LogP contribution in [0.4, 0.5) is 0 Å². The molecule has 2 aromatic rings. The van der Waals surface area contributed by atoms with Crippen molar-refractivity contribution >= 4 is 15.9 Å². The van der Waals surface area contributed by atoms with Crippen LogP contribution in [0.25, 0.3) is 11.5 Å². The van der Waals surface area contributed by atoms with E-state index in [9.17, 15) is 0 Å². The Kier molecular flexibility index (Phi) is 4.71. The molecule has 0 fully saturated rings. The van der Waals surface area contributed by atoms with Gasteiger partial charge in [-0.1, -0.05) is 28.9 Å². The topological polar surface area (TPSA) is 51.0 Å². The summed E-state index contributed by atoms with van der Waals surface area (Å²) in [5.74, 6) is 1.20. The molecule has 0 bridgehead atoms. The van der Waals surface area contributed by atoms with Crippen molar-refractivity contribution in [3.05, 3.63) is 34.1 Å². The van der Waals surface area contributed by atoms with E-state index in [1.165, 1.54) is 0 Å². The largest absolute Gasteiger partial charge is 0.419 e. The molecule has 0 amide bonds. The van der Waals surface area contributed by atoms with Crippen molar-refractivity contribution in [3.63, 3.8) is 0 Å². The van der Waals surface area contributed by atoms with Crippen LogP contribution < -0.4 is 5.32 Å². The third kappa shape index (κ3) is 3.42. The van der Waals surface area contributed by atoms with Crippen molar-refractivity contribution < 1.29 is 4.42 Å². The van der Waals surface area contributed by atoms with E-state index in [1.807, 2.05) is 32.0 Å². The summed E-state index contributed by atoms with van der Waals surface area (Å²) in [4.78, 5) is 0. The molecule has 19 heavy (non-hydrogen) atoms. The van der Waals surface area contributed by atoms with Gasteiger partial charge in [0.25, 0.3) is 0 Å². The highest BCUT2D eigenvalue weighted by molar-refractivity contribution is 9.10. The summed E-state index contributed by atoms with van der Waals surface area (Å²) in [7, 11) is 0. The van der Waals surface area contributed by atoms with Gasteiger partial charge < -0.3 is 9.73 Å². The zero-order chi connectivity index (χ0) is 13.8. The fraction of sp³-hybridized carbons (Fsp3) is 0.429. The van der Waals surface area contributed by atoms with Crippen LogP contribution in [0.15, 0.2) is 27.1 Å². The summed E-state index contributed by atoms with van der Waals surface area (Å²) >= 11 is 3.46. The van der Waals surface area contributed by atoms with Gasteiger partial charge in [0.1, 0.15) is 0 Å². The van der Waals surface area contributed by atoms with E-state index < -0.39 is 0 Å². The second-order valence-corrected chi connectivity index (χ2v) is 5.50. The molecule has 0 aliphatic rings. The summed E-state index contributed by atoms with van der Waals surface area (Å²) in [5.41, 5.74) is 2.09.